The molecule has 0 aliphatic rings. The Hall–Kier alpha value is -0.670. The first-order valence-corrected chi connectivity index (χ1v) is 5.55. The van der Waals surface area contributed by atoms with E-state index in [4.69, 9.17) is 16.3 Å². The highest BCUT2D eigenvalue weighted by atomic mass is 35.5. The number of hydrogen-bond acceptors (Lipinski definition) is 3. The molecule has 4 heteroatoms. The molecule has 0 fully saturated rings. The molecule has 1 aromatic rings. The SMILES string of the molecule is CCOC(c1nc(C)cc(Cl)n1)C(C)C. The van der Waals surface area contributed by atoms with E-state index in [-0.39, 0.29) is 6.10 Å². The third kappa shape index (κ3) is 3.43. The van der Waals surface area contributed by atoms with Gasteiger partial charge in [0.15, 0.2) is 5.82 Å². The first-order valence-electron chi connectivity index (χ1n) is 5.17. The van der Waals surface area contributed by atoms with E-state index in [1.807, 2.05) is 13.8 Å². The molecule has 0 amide bonds. The van der Waals surface area contributed by atoms with Crippen LogP contribution >= 0.6 is 11.6 Å². The molecule has 0 spiro atoms. The van der Waals surface area contributed by atoms with Crippen molar-refractivity contribution in [1.29, 1.82) is 0 Å². The molecule has 0 aliphatic carbocycles. The number of aromatic nitrogens is 2. The molecule has 3 nitrogen and oxygen atoms in total. The Morgan fingerprint density at radius 3 is 2.53 bits per heavy atom. The van der Waals surface area contributed by atoms with Gasteiger partial charge in [0.25, 0.3) is 0 Å². The minimum Gasteiger partial charge on any atom is -0.370 e. The van der Waals surface area contributed by atoms with Gasteiger partial charge >= 0.3 is 0 Å². The number of ether oxygens (including phenoxy) is 1. The zero-order valence-corrected chi connectivity index (χ0v) is 10.4. The van der Waals surface area contributed by atoms with E-state index in [9.17, 15) is 0 Å². The second-order valence-corrected chi connectivity index (χ2v) is 4.20. The monoisotopic (exact) mass is 228 g/mol. The van der Waals surface area contributed by atoms with Gasteiger partial charge in [0.1, 0.15) is 11.3 Å². The Kier molecular flexibility index (Phi) is 4.48. The summed E-state index contributed by atoms with van der Waals surface area (Å²) in [5.41, 5.74) is 0.871. The molecule has 1 unspecified atom stereocenters. The minimum absolute atomic E-state index is 0.0765. The summed E-state index contributed by atoms with van der Waals surface area (Å²) in [5.74, 6) is 1.01. The van der Waals surface area contributed by atoms with Crippen LogP contribution in [-0.2, 0) is 4.74 Å². The minimum atomic E-state index is -0.0765. The molecule has 1 atom stereocenters. The molecule has 15 heavy (non-hydrogen) atoms. The highest BCUT2D eigenvalue weighted by molar-refractivity contribution is 6.29. The van der Waals surface area contributed by atoms with Crippen LogP contribution in [-0.4, -0.2) is 16.6 Å². The largest absolute Gasteiger partial charge is 0.370 e. The maximum atomic E-state index is 5.89. The number of rotatable bonds is 4. The highest BCUT2D eigenvalue weighted by Crippen LogP contribution is 2.24. The van der Waals surface area contributed by atoms with Crippen molar-refractivity contribution in [3.8, 4) is 0 Å². The zero-order valence-electron chi connectivity index (χ0n) is 9.62. The fraction of sp³-hybridized carbons (Fsp3) is 0.636. The summed E-state index contributed by atoms with van der Waals surface area (Å²) in [4.78, 5) is 8.56. The summed E-state index contributed by atoms with van der Waals surface area (Å²) >= 11 is 5.89. The van der Waals surface area contributed by atoms with Crippen molar-refractivity contribution < 1.29 is 4.74 Å². The number of hydrogen-bond donors (Lipinski definition) is 0. The first kappa shape index (κ1) is 12.4. The van der Waals surface area contributed by atoms with Gasteiger partial charge in [-0.15, -0.1) is 0 Å². The van der Waals surface area contributed by atoms with Crippen LogP contribution in [0.4, 0.5) is 0 Å². The predicted molar refractivity (Wildman–Crippen MR) is 61.0 cm³/mol. The lowest BCUT2D eigenvalue weighted by atomic mass is 10.1. The van der Waals surface area contributed by atoms with E-state index < -0.39 is 0 Å². The van der Waals surface area contributed by atoms with Crippen LogP contribution in [0, 0.1) is 12.8 Å². The molecule has 0 N–H and O–H groups in total. The van der Waals surface area contributed by atoms with Crippen molar-refractivity contribution >= 4 is 11.6 Å². The molecule has 1 aromatic heterocycles. The second-order valence-electron chi connectivity index (χ2n) is 3.81. The lowest BCUT2D eigenvalue weighted by Crippen LogP contribution is -2.15. The normalized spacial score (nSPS) is 13.2. The van der Waals surface area contributed by atoms with Crippen LogP contribution in [0.3, 0.4) is 0 Å². The Balaban J connectivity index is 2.99. The second kappa shape index (κ2) is 5.42. The average Bonchev–Trinajstić information content (AvgIpc) is 2.11. The number of halogens is 1. The van der Waals surface area contributed by atoms with Crippen molar-refractivity contribution in [3.63, 3.8) is 0 Å². The van der Waals surface area contributed by atoms with E-state index in [0.717, 1.165) is 5.69 Å². The maximum absolute atomic E-state index is 5.89. The van der Waals surface area contributed by atoms with Gasteiger partial charge in [0.2, 0.25) is 0 Å². The summed E-state index contributed by atoms with van der Waals surface area (Å²) in [5, 5.41) is 0.475. The fourth-order valence-corrected chi connectivity index (χ4v) is 1.67. The van der Waals surface area contributed by atoms with Gasteiger partial charge in [-0.1, -0.05) is 25.4 Å². The Morgan fingerprint density at radius 1 is 1.40 bits per heavy atom. The van der Waals surface area contributed by atoms with E-state index in [2.05, 4.69) is 23.8 Å². The number of nitrogens with zero attached hydrogens (tertiary/aromatic N) is 2. The Labute approximate surface area is 95.8 Å². The quantitative estimate of drug-likeness (QED) is 0.743. The van der Waals surface area contributed by atoms with E-state index in [1.54, 1.807) is 6.07 Å². The first-order chi connectivity index (χ1) is 7.04. The maximum Gasteiger partial charge on any atom is 0.159 e. The van der Waals surface area contributed by atoms with Crippen LogP contribution in [0.1, 0.15) is 38.4 Å². The van der Waals surface area contributed by atoms with Crippen molar-refractivity contribution in [1.82, 2.24) is 9.97 Å². The molecule has 0 aliphatic heterocycles. The molecule has 0 saturated heterocycles. The van der Waals surface area contributed by atoms with Gasteiger partial charge in [-0.3, -0.25) is 0 Å². The van der Waals surface area contributed by atoms with Crippen LogP contribution in [0.25, 0.3) is 0 Å². The molecular formula is C11H17ClN2O. The Bertz CT molecular complexity index is 308. The van der Waals surface area contributed by atoms with Gasteiger partial charge in [0.05, 0.1) is 0 Å². The third-order valence-electron chi connectivity index (χ3n) is 2.05. The summed E-state index contributed by atoms with van der Waals surface area (Å²) in [7, 11) is 0. The van der Waals surface area contributed by atoms with Crippen molar-refractivity contribution in [3.05, 3.63) is 22.7 Å². The van der Waals surface area contributed by atoms with E-state index in [1.165, 1.54) is 0 Å². The van der Waals surface area contributed by atoms with Gasteiger partial charge in [-0.05, 0) is 25.8 Å². The third-order valence-corrected chi connectivity index (χ3v) is 2.24. The van der Waals surface area contributed by atoms with Crippen LogP contribution < -0.4 is 0 Å². The van der Waals surface area contributed by atoms with Crippen LogP contribution in [0.2, 0.25) is 5.15 Å². The number of aryl methyl sites for hydroxylation is 1. The Morgan fingerprint density at radius 2 is 2.07 bits per heavy atom. The van der Waals surface area contributed by atoms with Crippen molar-refractivity contribution in [2.24, 2.45) is 5.92 Å². The summed E-state index contributed by atoms with van der Waals surface area (Å²) in [6, 6.07) is 1.74. The molecule has 0 bridgehead atoms. The standard InChI is InChI=1S/C11H17ClN2O/c1-5-15-10(7(2)3)11-13-8(4)6-9(12)14-11/h6-7,10H,5H2,1-4H3. The average molecular weight is 229 g/mol. The summed E-state index contributed by atoms with van der Waals surface area (Å²) < 4.78 is 5.62. The molecule has 0 aromatic carbocycles. The molecule has 1 heterocycles. The van der Waals surface area contributed by atoms with Crippen LogP contribution in [0.15, 0.2) is 6.07 Å². The van der Waals surface area contributed by atoms with E-state index in [0.29, 0.717) is 23.5 Å². The van der Waals surface area contributed by atoms with Crippen molar-refractivity contribution in [2.75, 3.05) is 6.61 Å². The fourth-order valence-electron chi connectivity index (χ4n) is 1.42. The topological polar surface area (TPSA) is 35.0 Å². The zero-order chi connectivity index (χ0) is 11.4. The lowest BCUT2D eigenvalue weighted by Gasteiger charge is -2.19. The van der Waals surface area contributed by atoms with E-state index >= 15 is 0 Å². The summed E-state index contributed by atoms with van der Waals surface area (Å²) in [6.07, 6.45) is -0.0765. The molecule has 84 valence electrons. The highest BCUT2D eigenvalue weighted by Gasteiger charge is 2.19. The molecule has 0 saturated carbocycles. The van der Waals surface area contributed by atoms with Crippen LogP contribution in [0.5, 0.6) is 0 Å². The van der Waals surface area contributed by atoms with Gasteiger partial charge in [-0.25, -0.2) is 9.97 Å². The lowest BCUT2D eigenvalue weighted by molar-refractivity contribution is 0.0231. The van der Waals surface area contributed by atoms with Gasteiger partial charge in [0, 0.05) is 12.3 Å². The summed E-state index contributed by atoms with van der Waals surface area (Å²) in [6.45, 7) is 8.69. The van der Waals surface area contributed by atoms with Gasteiger partial charge < -0.3 is 4.74 Å². The van der Waals surface area contributed by atoms with Gasteiger partial charge in [-0.2, -0.15) is 0 Å². The molecular weight excluding hydrogens is 212 g/mol. The molecule has 0 radical (unpaired) electrons. The smallest absolute Gasteiger partial charge is 0.159 e. The molecule has 1 rings (SSSR count). The predicted octanol–water partition coefficient (Wildman–Crippen LogP) is 3.17. The van der Waals surface area contributed by atoms with Crippen molar-refractivity contribution in [2.45, 2.75) is 33.8 Å².